The first-order valence-corrected chi connectivity index (χ1v) is 20.4. The Hall–Kier alpha value is -5.95. The van der Waals surface area contributed by atoms with Gasteiger partial charge in [0.15, 0.2) is 5.84 Å². The number of hydrogen-bond acceptors (Lipinski definition) is 5. The second-order valence-electron chi connectivity index (χ2n) is 13.8. The van der Waals surface area contributed by atoms with Gasteiger partial charge in [0.2, 0.25) is 0 Å². The van der Waals surface area contributed by atoms with Crippen molar-refractivity contribution in [2.24, 2.45) is 9.98 Å². The number of thiophene rings is 1. The van der Waals surface area contributed by atoms with Gasteiger partial charge in [-0.1, -0.05) is 154 Å². The summed E-state index contributed by atoms with van der Waals surface area (Å²) < 4.78 is 4.94. The van der Waals surface area contributed by atoms with Crippen LogP contribution in [0.25, 0.3) is 47.7 Å². The summed E-state index contributed by atoms with van der Waals surface area (Å²) in [6.07, 6.45) is 5.93. The molecule has 0 fully saturated rings. The second-order valence-corrected chi connectivity index (χ2v) is 16.5. The van der Waals surface area contributed by atoms with Crippen LogP contribution in [0.2, 0.25) is 0 Å². The average Bonchev–Trinajstić information content (AvgIpc) is 3.79. The van der Waals surface area contributed by atoms with Gasteiger partial charge in [0.1, 0.15) is 12.0 Å². The Labute approximate surface area is 330 Å². The van der Waals surface area contributed by atoms with E-state index in [4.69, 9.17) is 9.98 Å². The maximum atomic E-state index is 5.26. The molecule has 6 heteroatoms. The quantitative estimate of drug-likeness (QED) is 0.134. The van der Waals surface area contributed by atoms with E-state index in [1.165, 1.54) is 53.2 Å². The maximum Gasteiger partial charge on any atom is 0.159 e. The molecule has 1 N–H and O–H groups in total. The molecule has 0 aliphatic carbocycles. The molecule has 3 heterocycles. The minimum Gasteiger partial charge on any atom is -0.344 e. The summed E-state index contributed by atoms with van der Waals surface area (Å²) >= 11 is 3.63. The van der Waals surface area contributed by atoms with Crippen LogP contribution in [0.15, 0.2) is 186 Å². The molecule has 6 aromatic carbocycles. The molecule has 0 radical (unpaired) electrons. The molecule has 8 aromatic rings. The Morgan fingerprint density at radius 3 is 2.13 bits per heavy atom. The number of hydrogen-bond donors (Lipinski definition) is 1. The summed E-state index contributed by atoms with van der Waals surface area (Å²) in [7, 11) is 0. The minimum atomic E-state index is -0.284. The molecule has 0 saturated carbocycles. The minimum absolute atomic E-state index is 0.284. The molecular weight excluding hydrogens is 709 g/mol. The number of benzene rings is 6. The standard InChI is InChI=1S/C49H40N4S2/c1-4-32(2)54-33(3)18-15-29-42(53-40-27-13-11-23-36(40)37-24-12-14-28-41(37)53)38-25-16-30-43-45(38)46-39(26-17-31-44(46)55-43)49-51-47(34-19-7-5-8-20-34)50-48(52-49)35-21-9-6-10-22-35/h4-14,16-17,19-31,33,47H,1-2,15,18H2,3H3,(H,50,51,52). The van der Waals surface area contributed by atoms with Crippen molar-refractivity contribution in [3.63, 3.8) is 0 Å². The first-order valence-electron chi connectivity index (χ1n) is 18.7. The smallest absolute Gasteiger partial charge is 0.159 e. The van der Waals surface area contributed by atoms with Gasteiger partial charge < -0.3 is 9.88 Å². The van der Waals surface area contributed by atoms with Crippen LogP contribution in [0.3, 0.4) is 0 Å². The molecular formula is C49H40N4S2. The van der Waals surface area contributed by atoms with Gasteiger partial charge in [-0.15, -0.1) is 23.1 Å². The Morgan fingerprint density at radius 2 is 1.42 bits per heavy atom. The third kappa shape index (κ3) is 6.62. The molecule has 2 unspecified atom stereocenters. The number of aliphatic imine (C=N–C) groups is 2. The van der Waals surface area contributed by atoms with Crippen LogP contribution in [-0.4, -0.2) is 21.5 Å². The van der Waals surface area contributed by atoms with Crippen LogP contribution in [0.1, 0.15) is 48.2 Å². The lowest BCUT2D eigenvalue weighted by molar-refractivity contribution is 0.674. The van der Waals surface area contributed by atoms with E-state index in [9.17, 15) is 0 Å². The number of allylic oxidation sites excluding steroid dienone is 2. The molecule has 9 rings (SSSR count). The normalized spacial score (nSPS) is 15.2. The molecule has 2 aromatic heterocycles. The molecule has 1 aliphatic rings. The monoisotopic (exact) mass is 748 g/mol. The molecule has 0 amide bonds. The highest BCUT2D eigenvalue weighted by Gasteiger charge is 2.25. The third-order valence-corrected chi connectivity index (χ3v) is 12.5. The van der Waals surface area contributed by atoms with Crippen LogP contribution in [-0.2, 0) is 0 Å². The van der Waals surface area contributed by atoms with E-state index in [1.54, 1.807) is 11.8 Å². The molecule has 268 valence electrons. The lowest BCUT2D eigenvalue weighted by atomic mass is 9.98. The first-order chi connectivity index (χ1) is 27.1. The number of nitrogens with zero attached hydrogens (tertiary/aromatic N) is 3. The van der Waals surface area contributed by atoms with Gasteiger partial charge in [-0.25, -0.2) is 9.98 Å². The van der Waals surface area contributed by atoms with Gasteiger partial charge in [0.05, 0.1) is 16.7 Å². The van der Waals surface area contributed by atoms with Crippen LogP contribution in [0, 0.1) is 0 Å². The summed E-state index contributed by atoms with van der Waals surface area (Å²) in [6, 6.07) is 51.7. The molecule has 2 atom stereocenters. The molecule has 1 aliphatic heterocycles. The summed E-state index contributed by atoms with van der Waals surface area (Å²) in [5, 5.41) is 9.09. The third-order valence-electron chi connectivity index (χ3n) is 10.3. The van der Waals surface area contributed by atoms with E-state index in [1.807, 2.05) is 41.7 Å². The zero-order chi connectivity index (χ0) is 37.3. The van der Waals surface area contributed by atoms with Gasteiger partial charge in [-0.3, -0.25) is 0 Å². The van der Waals surface area contributed by atoms with Crippen LogP contribution >= 0.6 is 23.1 Å². The molecule has 0 spiro atoms. The van der Waals surface area contributed by atoms with Gasteiger partial charge >= 0.3 is 0 Å². The van der Waals surface area contributed by atoms with Crippen LogP contribution in [0.4, 0.5) is 0 Å². The number of para-hydroxylation sites is 2. The highest BCUT2D eigenvalue weighted by atomic mass is 32.2. The number of rotatable bonds is 11. The van der Waals surface area contributed by atoms with Crippen molar-refractivity contribution >= 4 is 82.4 Å². The Morgan fingerprint density at radius 1 is 0.782 bits per heavy atom. The average molecular weight is 749 g/mol. The van der Waals surface area contributed by atoms with Crippen molar-refractivity contribution in [2.75, 3.05) is 0 Å². The van der Waals surface area contributed by atoms with Crippen molar-refractivity contribution in [1.29, 1.82) is 0 Å². The largest absolute Gasteiger partial charge is 0.344 e. The SMILES string of the molecule is C=CC(=C)SC(C)CCC=C(c1cccc2sc3cccc(C4=NC(c5ccccc5)=NC(c5ccccc5)N4)c3c12)n1c2ccccc2c2ccccc21. The molecule has 55 heavy (non-hydrogen) atoms. The van der Waals surface area contributed by atoms with Crippen molar-refractivity contribution in [1.82, 2.24) is 9.88 Å². The van der Waals surface area contributed by atoms with Gasteiger partial charge in [0, 0.05) is 52.9 Å². The van der Waals surface area contributed by atoms with E-state index in [-0.39, 0.29) is 6.17 Å². The van der Waals surface area contributed by atoms with Crippen molar-refractivity contribution in [2.45, 2.75) is 31.2 Å². The fourth-order valence-corrected chi connectivity index (χ4v) is 9.74. The van der Waals surface area contributed by atoms with E-state index in [2.05, 4.69) is 157 Å². The Balaban J connectivity index is 1.26. The predicted octanol–water partition coefficient (Wildman–Crippen LogP) is 13.1. The van der Waals surface area contributed by atoms with Gasteiger partial charge in [0.25, 0.3) is 0 Å². The summed E-state index contributed by atoms with van der Waals surface area (Å²) in [5.41, 5.74) is 7.92. The van der Waals surface area contributed by atoms with Crippen molar-refractivity contribution in [3.8, 4) is 0 Å². The number of amidine groups is 2. The zero-order valence-electron chi connectivity index (χ0n) is 30.7. The molecule has 0 saturated heterocycles. The van der Waals surface area contributed by atoms with E-state index in [0.717, 1.165) is 46.1 Å². The van der Waals surface area contributed by atoms with Gasteiger partial charge in [-0.05, 0) is 47.6 Å². The van der Waals surface area contributed by atoms with E-state index >= 15 is 0 Å². The zero-order valence-corrected chi connectivity index (χ0v) is 32.3. The topological polar surface area (TPSA) is 41.7 Å². The van der Waals surface area contributed by atoms with Crippen LogP contribution in [0.5, 0.6) is 0 Å². The lowest BCUT2D eigenvalue weighted by Gasteiger charge is -2.24. The summed E-state index contributed by atoms with van der Waals surface area (Å²) in [6.45, 7) is 10.4. The number of fused-ring (bicyclic) bond motifs is 6. The predicted molar refractivity (Wildman–Crippen MR) is 240 cm³/mol. The summed E-state index contributed by atoms with van der Waals surface area (Å²) in [5.74, 6) is 1.54. The first kappa shape index (κ1) is 34.8. The van der Waals surface area contributed by atoms with E-state index in [0.29, 0.717) is 5.25 Å². The highest BCUT2D eigenvalue weighted by molar-refractivity contribution is 8.03. The van der Waals surface area contributed by atoms with Crippen molar-refractivity contribution < 1.29 is 0 Å². The number of aromatic nitrogens is 1. The number of thioether (sulfide) groups is 1. The molecule has 0 bridgehead atoms. The fraction of sp³-hybridized carbons (Fsp3) is 0.102. The highest BCUT2D eigenvalue weighted by Crippen LogP contribution is 2.43. The Kier molecular flexibility index (Phi) is 9.53. The summed E-state index contributed by atoms with van der Waals surface area (Å²) in [4.78, 5) is 11.4. The fourth-order valence-electron chi connectivity index (χ4n) is 7.71. The molecule has 4 nitrogen and oxygen atoms in total. The lowest BCUT2D eigenvalue weighted by Crippen LogP contribution is -2.33. The van der Waals surface area contributed by atoms with Crippen LogP contribution < -0.4 is 5.32 Å². The van der Waals surface area contributed by atoms with Gasteiger partial charge in [-0.2, -0.15) is 0 Å². The Bertz CT molecular complexity index is 2770. The number of nitrogens with one attached hydrogen (secondary N) is 1. The maximum absolute atomic E-state index is 5.26. The second kappa shape index (κ2) is 15.1. The van der Waals surface area contributed by atoms with Crippen molar-refractivity contribution in [3.05, 3.63) is 198 Å². The van der Waals surface area contributed by atoms with E-state index < -0.39 is 0 Å².